The SMILES string of the molecule is CCCN(C)c1nc(N)c(C(=O)N2CCCC(C)(C)C2)s1. The number of carbonyl (C=O) groups excluding carboxylic acids is 1. The van der Waals surface area contributed by atoms with Crippen LogP contribution < -0.4 is 10.6 Å². The Morgan fingerprint density at radius 3 is 2.86 bits per heavy atom. The van der Waals surface area contributed by atoms with Gasteiger partial charge in [0.05, 0.1) is 0 Å². The normalized spacial score (nSPS) is 17.8. The molecule has 1 aliphatic rings. The molecule has 118 valence electrons. The zero-order valence-corrected chi connectivity index (χ0v) is 14.3. The van der Waals surface area contributed by atoms with Crippen molar-refractivity contribution in [3.8, 4) is 0 Å². The number of likely N-dealkylation sites (tertiary alicyclic amines) is 1. The standard InChI is InChI=1S/C15H26N4OS/c1-5-8-18(4)14-17-12(16)11(21-14)13(20)19-9-6-7-15(2,3)10-19/h5-10,16H2,1-4H3. The van der Waals surface area contributed by atoms with Crippen molar-refractivity contribution in [1.29, 1.82) is 0 Å². The lowest BCUT2D eigenvalue weighted by Crippen LogP contribution is -2.43. The van der Waals surface area contributed by atoms with Gasteiger partial charge in [-0.1, -0.05) is 32.1 Å². The van der Waals surface area contributed by atoms with Crippen LogP contribution in [0.3, 0.4) is 0 Å². The van der Waals surface area contributed by atoms with Gasteiger partial charge in [-0.3, -0.25) is 4.79 Å². The number of rotatable bonds is 4. The van der Waals surface area contributed by atoms with E-state index in [1.165, 1.54) is 17.8 Å². The van der Waals surface area contributed by atoms with Crippen LogP contribution in [0.5, 0.6) is 0 Å². The summed E-state index contributed by atoms with van der Waals surface area (Å²) in [5.41, 5.74) is 6.17. The molecule has 1 aromatic rings. The number of piperidine rings is 1. The third-order valence-corrected chi connectivity index (χ3v) is 5.08. The maximum Gasteiger partial charge on any atom is 0.267 e. The molecule has 0 aromatic carbocycles. The summed E-state index contributed by atoms with van der Waals surface area (Å²) in [7, 11) is 1.99. The van der Waals surface area contributed by atoms with Crippen molar-refractivity contribution in [3.63, 3.8) is 0 Å². The lowest BCUT2D eigenvalue weighted by Gasteiger charge is -2.37. The van der Waals surface area contributed by atoms with Crippen LogP contribution in [0.25, 0.3) is 0 Å². The Hall–Kier alpha value is -1.30. The average Bonchev–Trinajstić information content (AvgIpc) is 2.79. The van der Waals surface area contributed by atoms with E-state index in [1.54, 1.807) is 0 Å². The summed E-state index contributed by atoms with van der Waals surface area (Å²) in [6.45, 7) is 9.07. The van der Waals surface area contributed by atoms with Gasteiger partial charge in [0.25, 0.3) is 5.91 Å². The topological polar surface area (TPSA) is 62.5 Å². The highest BCUT2D eigenvalue weighted by molar-refractivity contribution is 7.18. The van der Waals surface area contributed by atoms with Gasteiger partial charge in [-0.05, 0) is 24.7 Å². The lowest BCUT2D eigenvalue weighted by molar-refractivity contribution is 0.0589. The molecule has 0 unspecified atom stereocenters. The molecule has 1 aromatic heterocycles. The number of hydrogen-bond acceptors (Lipinski definition) is 5. The van der Waals surface area contributed by atoms with E-state index < -0.39 is 0 Å². The number of nitrogen functional groups attached to an aromatic ring is 1. The van der Waals surface area contributed by atoms with E-state index in [-0.39, 0.29) is 11.3 Å². The van der Waals surface area contributed by atoms with E-state index >= 15 is 0 Å². The van der Waals surface area contributed by atoms with E-state index in [0.717, 1.165) is 37.6 Å². The molecule has 0 spiro atoms. The van der Waals surface area contributed by atoms with Crippen molar-refractivity contribution in [2.45, 2.75) is 40.0 Å². The number of thiazole rings is 1. The van der Waals surface area contributed by atoms with Crippen LogP contribution in [-0.4, -0.2) is 42.5 Å². The molecule has 0 saturated carbocycles. The highest BCUT2D eigenvalue weighted by Crippen LogP contribution is 2.33. The van der Waals surface area contributed by atoms with Crippen LogP contribution in [0.2, 0.25) is 0 Å². The van der Waals surface area contributed by atoms with Crippen molar-refractivity contribution in [1.82, 2.24) is 9.88 Å². The first-order chi connectivity index (χ1) is 9.84. The van der Waals surface area contributed by atoms with E-state index in [0.29, 0.717) is 10.7 Å². The van der Waals surface area contributed by atoms with Crippen LogP contribution >= 0.6 is 11.3 Å². The molecule has 0 bridgehead atoms. The second-order valence-corrected chi connectivity index (χ2v) is 7.60. The largest absolute Gasteiger partial charge is 0.382 e. The summed E-state index contributed by atoms with van der Waals surface area (Å²) in [6.07, 6.45) is 3.26. The van der Waals surface area contributed by atoms with Crippen LogP contribution in [0.15, 0.2) is 0 Å². The van der Waals surface area contributed by atoms with Gasteiger partial charge in [-0.25, -0.2) is 4.98 Å². The molecule has 0 aliphatic carbocycles. The molecular formula is C15H26N4OS. The van der Waals surface area contributed by atoms with Crippen molar-refractivity contribution >= 4 is 28.2 Å². The molecule has 1 saturated heterocycles. The van der Waals surface area contributed by atoms with E-state index in [4.69, 9.17) is 5.73 Å². The first-order valence-electron chi connectivity index (χ1n) is 7.61. The molecule has 0 radical (unpaired) electrons. The Labute approximate surface area is 131 Å². The van der Waals surface area contributed by atoms with Gasteiger partial charge in [-0.15, -0.1) is 0 Å². The number of carbonyl (C=O) groups is 1. The minimum absolute atomic E-state index is 0.0360. The average molecular weight is 310 g/mol. The van der Waals surface area contributed by atoms with Gasteiger partial charge < -0.3 is 15.5 Å². The summed E-state index contributed by atoms with van der Waals surface area (Å²) in [4.78, 5) is 21.6. The van der Waals surface area contributed by atoms with Crippen LogP contribution in [0, 0.1) is 5.41 Å². The van der Waals surface area contributed by atoms with Crippen molar-refractivity contribution < 1.29 is 4.79 Å². The van der Waals surface area contributed by atoms with Gasteiger partial charge in [-0.2, -0.15) is 0 Å². The minimum atomic E-state index is 0.0360. The predicted octanol–water partition coefficient (Wildman–Crippen LogP) is 2.83. The fourth-order valence-electron chi connectivity index (χ4n) is 2.81. The molecule has 0 atom stereocenters. The smallest absolute Gasteiger partial charge is 0.267 e. The molecule has 5 nitrogen and oxygen atoms in total. The Morgan fingerprint density at radius 1 is 1.52 bits per heavy atom. The number of anilines is 2. The van der Waals surface area contributed by atoms with Gasteiger partial charge in [0.15, 0.2) is 5.13 Å². The van der Waals surface area contributed by atoms with Gasteiger partial charge in [0.1, 0.15) is 10.7 Å². The lowest BCUT2D eigenvalue weighted by atomic mass is 9.84. The minimum Gasteiger partial charge on any atom is -0.382 e. The summed E-state index contributed by atoms with van der Waals surface area (Å²) < 4.78 is 0. The number of hydrogen-bond donors (Lipinski definition) is 1. The summed E-state index contributed by atoms with van der Waals surface area (Å²) in [5, 5.41) is 0.828. The first kappa shape index (κ1) is 16.1. The van der Waals surface area contributed by atoms with Crippen LogP contribution in [-0.2, 0) is 0 Å². The third kappa shape index (κ3) is 3.67. The molecule has 1 amide bonds. The van der Waals surface area contributed by atoms with Crippen molar-refractivity contribution in [2.24, 2.45) is 5.41 Å². The van der Waals surface area contributed by atoms with E-state index in [1.807, 2.05) is 11.9 Å². The first-order valence-corrected chi connectivity index (χ1v) is 8.42. The molecule has 2 heterocycles. The number of nitrogens with two attached hydrogens (primary N) is 1. The number of amides is 1. The Balaban J connectivity index is 2.16. The molecular weight excluding hydrogens is 284 g/mol. The fourth-order valence-corrected chi connectivity index (χ4v) is 3.75. The predicted molar refractivity (Wildman–Crippen MR) is 89.0 cm³/mol. The second kappa shape index (κ2) is 6.22. The Kier molecular flexibility index (Phi) is 4.76. The van der Waals surface area contributed by atoms with Crippen molar-refractivity contribution in [2.75, 3.05) is 37.3 Å². The maximum atomic E-state index is 12.7. The fraction of sp³-hybridized carbons (Fsp3) is 0.733. The van der Waals surface area contributed by atoms with Gasteiger partial charge >= 0.3 is 0 Å². The molecule has 1 fully saturated rings. The summed E-state index contributed by atoms with van der Waals surface area (Å²) in [5.74, 6) is 0.403. The zero-order valence-electron chi connectivity index (χ0n) is 13.5. The number of aromatic nitrogens is 1. The second-order valence-electron chi connectivity index (χ2n) is 6.63. The Bertz CT molecular complexity index is 512. The molecule has 6 heteroatoms. The summed E-state index contributed by atoms with van der Waals surface area (Å²) >= 11 is 1.41. The van der Waals surface area contributed by atoms with Gasteiger partial charge in [0, 0.05) is 26.7 Å². The third-order valence-electron chi connectivity index (χ3n) is 3.91. The van der Waals surface area contributed by atoms with Gasteiger partial charge in [0.2, 0.25) is 0 Å². The highest BCUT2D eigenvalue weighted by Gasteiger charge is 2.31. The molecule has 21 heavy (non-hydrogen) atoms. The van der Waals surface area contributed by atoms with E-state index in [2.05, 4.69) is 30.7 Å². The summed E-state index contributed by atoms with van der Waals surface area (Å²) in [6, 6.07) is 0. The van der Waals surface area contributed by atoms with Crippen molar-refractivity contribution in [3.05, 3.63) is 4.88 Å². The maximum absolute atomic E-state index is 12.7. The molecule has 1 aliphatic heterocycles. The highest BCUT2D eigenvalue weighted by atomic mass is 32.1. The molecule has 2 N–H and O–H groups in total. The monoisotopic (exact) mass is 310 g/mol. The molecule has 2 rings (SSSR count). The van der Waals surface area contributed by atoms with Crippen LogP contribution in [0.4, 0.5) is 10.9 Å². The van der Waals surface area contributed by atoms with E-state index in [9.17, 15) is 4.79 Å². The number of nitrogens with zero attached hydrogens (tertiary/aromatic N) is 3. The zero-order chi connectivity index (χ0) is 15.6. The quantitative estimate of drug-likeness (QED) is 0.929. The Morgan fingerprint density at radius 2 is 2.24 bits per heavy atom. The van der Waals surface area contributed by atoms with Crippen LogP contribution in [0.1, 0.15) is 49.7 Å².